The van der Waals surface area contributed by atoms with Crippen LogP contribution in [0.4, 0.5) is 5.00 Å². The first-order valence-electron chi connectivity index (χ1n) is 9.34. The Labute approximate surface area is 160 Å². The number of fused-ring (bicyclic) bond motifs is 2. The van der Waals surface area contributed by atoms with Gasteiger partial charge in [-0.2, -0.15) is 10.4 Å². The van der Waals surface area contributed by atoms with E-state index in [-0.39, 0.29) is 5.91 Å². The van der Waals surface area contributed by atoms with Crippen LogP contribution in [0.5, 0.6) is 0 Å². The Bertz CT molecular complexity index is 1120. The van der Waals surface area contributed by atoms with Crippen molar-refractivity contribution in [2.45, 2.75) is 44.4 Å². The third kappa shape index (κ3) is 2.72. The van der Waals surface area contributed by atoms with Crippen LogP contribution in [0.15, 0.2) is 12.3 Å². The van der Waals surface area contributed by atoms with Crippen LogP contribution in [-0.2, 0) is 19.9 Å². The SMILES string of the molecule is Cn1ncc2c(C(=O)Nc3sc4c(c3C#N)CCCC4)cc(C3CC3)nc21. The van der Waals surface area contributed by atoms with Crippen molar-refractivity contribution >= 4 is 33.3 Å². The summed E-state index contributed by atoms with van der Waals surface area (Å²) >= 11 is 1.55. The molecule has 1 fully saturated rings. The zero-order valence-corrected chi connectivity index (χ0v) is 15.9. The van der Waals surface area contributed by atoms with E-state index in [4.69, 9.17) is 4.98 Å². The number of aromatic nitrogens is 3. The molecule has 1 amide bonds. The second-order valence-corrected chi connectivity index (χ2v) is 8.46. The highest BCUT2D eigenvalue weighted by molar-refractivity contribution is 7.16. The Balaban J connectivity index is 1.55. The molecule has 0 atom stereocenters. The van der Waals surface area contributed by atoms with Gasteiger partial charge in [-0.15, -0.1) is 11.3 Å². The fraction of sp³-hybridized carbons (Fsp3) is 0.400. The number of nitrogens with zero attached hydrogens (tertiary/aromatic N) is 4. The molecule has 0 unspecified atom stereocenters. The number of thiophene rings is 1. The molecule has 0 radical (unpaired) electrons. The van der Waals surface area contributed by atoms with Gasteiger partial charge in [-0.3, -0.25) is 9.48 Å². The minimum Gasteiger partial charge on any atom is -0.312 e. The maximum atomic E-state index is 13.1. The van der Waals surface area contributed by atoms with E-state index >= 15 is 0 Å². The molecule has 7 heteroatoms. The number of aryl methyl sites for hydroxylation is 2. The Kier molecular flexibility index (Phi) is 3.76. The third-order valence-electron chi connectivity index (χ3n) is 5.48. The summed E-state index contributed by atoms with van der Waals surface area (Å²) in [4.78, 5) is 19.1. The molecule has 136 valence electrons. The van der Waals surface area contributed by atoms with Crippen LogP contribution < -0.4 is 5.32 Å². The first kappa shape index (κ1) is 16.5. The largest absolute Gasteiger partial charge is 0.312 e. The number of anilines is 1. The van der Waals surface area contributed by atoms with Crippen LogP contribution in [0.1, 0.15) is 63.7 Å². The van der Waals surface area contributed by atoms with E-state index in [1.54, 1.807) is 22.2 Å². The molecule has 1 saturated carbocycles. The smallest absolute Gasteiger partial charge is 0.257 e. The number of hydrogen-bond donors (Lipinski definition) is 1. The highest BCUT2D eigenvalue weighted by Crippen LogP contribution is 2.41. The second kappa shape index (κ2) is 6.17. The van der Waals surface area contributed by atoms with Gasteiger partial charge in [0.1, 0.15) is 11.1 Å². The summed E-state index contributed by atoms with van der Waals surface area (Å²) in [6.45, 7) is 0. The van der Waals surface area contributed by atoms with Crippen molar-refractivity contribution in [1.29, 1.82) is 5.26 Å². The summed E-state index contributed by atoms with van der Waals surface area (Å²) in [5.74, 6) is 0.256. The molecule has 2 aliphatic carbocycles. The number of nitrogens with one attached hydrogen (secondary N) is 1. The Hall–Kier alpha value is -2.72. The number of hydrogen-bond acceptors (Lipinski definition) is 5. The average molecular weight is 377 g/mol. The van der Waals surface area contributed by atoms with Crippen LogP contribution in [0.3, 0.4) is 0 Å². The van der Waals surface area contributed by atoms with Gasteiger partial charge in [-0.1, -0.05) is 0 Å². The topological polar surface area (TPSA) is 83.6 Å². The van der Waals surface area contributed by atoms with Gasteiger partial charge in [0.25, 0.3) is 5.91 Å². The monoisotopic (exact) mass is 377 g/mol. The lowest BCUT2D eigenvalue weighted by Crippen LogP contribution is -2.13. The van der Waals surface area contributed by atoms with Gasteiger partial charge in [-0.05, 0) is 50.2 Å². The van der Waals surface area contributed by atoms with Crippen molar-refractivity contribution in [3.05, 3.63) is 39.5 Å². The van der Waals surface area contributed by atoms with E-state index in [0.29, 0.717) is 22.0 Å². The standard InChI is InChI=1S/C20H19N5OS/c1-25-18-15(10-22-25)13(8-16(23-18)11-6-7-11)19(26)24-20-14(9-21)12-4-2-3-5-17(12)27-20/h8,10-11H,2-7H2,1H3,(H,24,26). The summed E-state index contributed by atoms with van der Waals surface area (Å²) in [5.41, 5.74) is 4.05. The number of nitriles is 1. The number of carbonyl (C=O) groups excluding carboxylic acids is 1. The molecule has 0 aromatic carbocycles. The molecule has 2 aliphatic rings. The van der Waals surface area contributed by atoms with Gasteiger partial charge in [0.15, 0.2) is 5.65 Å². The normalized spacial score (nSPS) is 16.1. The molecule has 1 N–H and O–H groups in total. The highest BCUT2D eigenvalue weighted by atomic mass is 32.1. The summed E-state index contributed by atoms with van der Waals surface area (Å²) in [6, 6.07) is 4.21. The van der Waals surface area contributed by atoms with Crippen LogP contribution >= 0.6 is 11.3 Å². The van der Waals surface area contributed by atoms with Crippen LogP contribution in [0, 0.1) is 11.3 Å². The molecule has 0 saturated heterocycles. The molecular formula is C20H19N5OS. The van der Waals surface area contributed by atoms with E-state index in [9.17, 15) is 10.1 Å². The zero-order valence-electron chi connectivity index (χ0n) is 15.1. The Morgan fingerprint density at radius 3 is 2.96 bits per heavy atom. The van der Waals surface area contributed by atoms with Gasteiger partial charge in [0, 0.05) is 23.5 Å². The molecule has 0 aliphatic heterocycles. The fourth-order valence-corrected chi connectivity index (χ4v) is 5.09. The number of amides is 1. The zero-order chi connectivity index (χ0) is 18.5. The molecular weight excluding hydrogens is 358 g/mol. The average Bonchev–Trinajstić information content (AvgIpc) is 3.38. The van der Waals surface area contributed by atoms with E-state index in [2.05, 4.69) is 16.5 Å². The molecule has 3 aromatic heterocycles. The predicted octanol–water partition coefficient (Wildman–Crippen LogP) is 3.91. The van der Waals surface area contributed by atoms with Gasteiger partial charge in [-0.25, -0.2) is 4.98 Å². The van der Waals surface area contributed by atoms with E-state index < -0.39 is 0 Å². The van der Waals surface area contributed by atoms with Gasteiger partial charge in [0.05, 0.1) is 22.7 Å². The van der Waals surface area contributed by atoms with Crippen molar-refractivity contribution in [1.82, 2.24) is 14.8 Å². The van der Waals surface area contributed by atoms with Crippen molar-refractivity contribution in [2.75, 3.05) is 5.32 Å². The summed E-state index contributed by atoms with van der Waals surface area (Å²) in [6.07, 6.45) is 8.12. The minimum atomic E-state index is -0.188. The first-order chi connectivity index (χ1) is 13.2. The molecule has 27 heavy (non-hydrogen) atoms. The van der Waals surface area contributed by atoms with Crippen molar-refractivity contribution in [3.8, 4) is 6.07 Å². The lowest BCUT2D eigenvalue weighted by atomic mass is 9.96. The minimum absolute atomic E-state index is 0.188. The van der Waals surface area contributed by atoms with Gasteiger partial charge in [0.2, 0.25) is 0 Å². The second-order valence-electron chi connectivity index (χ2n) is 7.36. The van der Waals surface area contributed by atoms with Crippen LogP contribution in [0.2, 0.25) is 0 Å². The van der Waals surface area contributed by atoms with Crippen molar-refractivity contribution in [3.63, 3.8) is 0 Å². The number of pyridine rings is 1. The Morgan fingerprint density at radius 1 is 1.37 bits per heavy atom. The van der Waals surface area contributed by atoms with E-state index in [1.807, 2.05) is 13.1 Å². The third-order valence-corrected chi connectivity index (χ3v) is 6.68. The fourth-order valence-electron chi connectivity index (χ4n) is 3.85. The van der Waals surface area contributed by atoms with Gasteiger partial charge < -0.3 is 5.32 Å². The number of rotatable bonds is 3. The van der Waals surface area contributed by atoms with Crippen molar-refractivity contribution < 1.29 is 4.79 Å². The summed E-state index contributed by atoms with van der Waals surface area (Å²) in [5, 5.41) is 18.3. The molecule has 5 rings (SSSR count). The van der Waals surface area contributed by atoms with Crippen LogP contribution in [0.25, 0.3) is 11.0 Å². The lowest BCUT2D eigenvalue weighted by molar-refractivity contribution is 0.102. The van der Waals surface area contributed by atoms with Gasteiger partial charge >= 0.3 is 0 Å². The quantitative estimate of drug-likeness (QED) is 0.750. The number of carbonyl (C=O) groups is 1. The maximum absolute atomic E-state index is 13.1. The molecule has 3 heterocycles. The van der Waals surface area contributed by atoms with E-state index in [1.165, 1.54) is 4.88 Å². The Morgan fingerprint density at radius 2 is 2.19 bits per heavy atom. The maximum Gasteiger partial charge on any atom is 0.257 e. The highest BCUT2D eigenvalue weighted by Gasteiger charge is 2.28. The lowest BCUT2D eigenvalue weighted by Gasteiger charge is -2.09. The molecule has 0 bridgehead atoms. The van der Waals surface area contributed by atoms with Crippen LogP contribution in [-0.4, -0.2) is 20.7 Å². The summed E-state index contributed by atoms with van der Waals surface area (Å²) < 4.78 is 1.71. The molecule has 3 aromatic rings. The van der Waals surface area contributed by atoms with Crippen molar-refractivity contribution in [2.24, 2.45) is 7.05 Å². The predicted molar refractivity (Wildman–Crippen MR) is 104 cm³/mol. The first-order valence-corrected chi connectivity index (χ1v) is 10.2. The molecule has 0 spiro atoms. The van der Waals surface area contributed by atoms with E-state index in [0.717, 1.165) is 60.8 Å². The molecule has 6 nitrogen and oxygen atoms in total. The summed E-state index contributed by atoms with van der Waals surface area (Å²) in [7, 11) is 1.84.